The molecule has 8 heteroatoms. The second-order valence-corrected chi connectivity index (χ2v) is 7.74. The van der Waals surface area contributed by atoms with Gasteiger partial charge in [0, 0.05) is 18.8 Å². The summed E-state index contributed by atoms with van der Waals surface area (Å²) in [4.78, 5) is 2.37. The van der Waals surface area contributed by atoms with Gasteiger partial charge in [0.15, 0.2) is 0 Å². The Kier molecular flexibility index (Phi) is 6.30. The van der Waals surface area contributed by atoms with Gasteiger partial charge in [-0.15, -0.1) is 0 Å². The van der Waals surface area contributed by atoms with E-state index in [4.69, 9.17) is 0 Å². The van der Waals surface area contributed by atoms with Crippen molar-refractivity contribution in [2.75, 3.05) is 28.8 Å². The summed E-state index contributed by atoms with van der Waals surface area (Å²) in [5.41, 5.74) is 10.2. The van der Waals surface area contributed by atoms with Crippen LogP contribution in [0.25, 0.3) is 0 Å². The third kappa shape index (κ3) is 5.38. The Morgan fingerprint density at radius 3 is 2.03 bits per heavy atom. The molecule has 1 fully saturated rings. The van der Waals surface area contributed by atoms with E-state index in [2.05, 4.69) is 38.1 Å². The number of hydrazine groups is 1. The minimum atomic E-state index is -4.34. The molecule has 0 saturated carbocycles. The standard InChI is InChI=1S/C24H24F3N5/c1-17-16-21(30-28-19-6-4-18(5-7-19)24(25,26)27)10-13-23(17)31-29-20-8-11-22(12-9-20)32-14-2-3-15-32/h4-13,16,28,30H,2-3,14-15H2,1H3. The first kappa shape index (κ1) is 21.7. The highest BCUT2D eigenvalue weighted by atomic mass is 19.4. The van der Waals surface area contributed by atoms with Crippen LogP contribution in [0.5, 0.6) is 0 Å². The molecule has 1 saturated heterocycles. The number of rotatable bonds is 6. The Balaban J connectivity index is 1.35. The molecule has 5 nitrogen and oxygen atoms in total. The Labute approximate surface area is 185 Å². The second-order valence-electron chi connectivity index (χ2n) is 7.74. The van der Waals surface area contributed by atoms with Crippen molar-refractivity contribution in [2.45, 2.75) is 25.9 Å². The largest absolute Gasteiger partial charge is 0.416 e. The van der Waals surface area contributed by atoms with Crippen LogP contribution in [0.2, 0.25) is 0 Å². The summed E-state index contributed by atoms with van der Waals surface area (Å²) in [6.45, 7) is 4.14. The maximum absolute atomic E-state index is 12.7. The molecule has 166 valence electrons. The Hall–Kier alpha value is -3.55. The zero-order valence-corrected chi connectivity index (χ0v) is 17.7. The van der Waals surface area contributed by atoms with Gasteiger partial charge in [-0.05, 0) is 92.1 Å². The number of halogens is 3. The van der Waals surface area contributed by atoms with E-state index in [1.54, 1.807) is 0 Å². The Morgan fingerprint density at radius 1 is 0.781 bits per heavy atom. The van der Waals surface area contributed by atoms with Crippen LogP contribution < -0.4 is 15.8 Å². The molecule has 2 N–H and O–H groups in total. The SMILES string of the molecule is Cc1cc(NNc2ccc(C(F)(F)F)cc2)ccc1N=Nc1ccc(N2CCCC2)cc1. The normalized spacial score (nSPS) is 14.2. The zero-order chi connectivity index (χ0) is 22.6. The molecule has 0 aliphatic carbocycles. The first-order valence-corrected chi connectivity index (χ1v) is 10.5. The fraction of sp³-hybridized carbons (Fsp3) is 0.250. The number of hydrogen-bond acceptors (Lipinski definition) is 5. The van der Waals surface area contributed by atoms with Crippen LogP contribution in [0.4, 0.5) is 41.6 Å². The Morgan fingerprint density at radius 2 is 1.41 bits per heavy atom. The molecular formula is C24H24F3N5. The lowest BCUT2D eigenvalue weighted by Gasteiger charge is -2.17. The van der Waals surface area contributed by atoms with E-state index in [1.807, 2.05) is 37.3 Å². The van der Waals surface area contributed by atoms with Gasteiger partial charge < -0.3 is 15.8 Å². The van der Waals surface area contributed by atoms with Gasteiger partial charge in [0.2, 0.25) is 0 Å². The lowest BCUT2D eigenvalue weighted by molar-refractivity contribution is -0.137. The molecule has 0 aromatic heterocycles. The van der Waals surface area contributed by atoms with E-state index in [9.17, 15) is 13.2 Å². The minimum absolute atomic E-state index is 0.525. The minimum Gasteiger partial charge on any atom is -0.372 e. The third-order valence-electron chi connectivity index (χ3n) is 5.35. The maximum Gasteiger partial charge on any atom is 0.416 e. The highest BCUT2D eigenvalue weighted by Gasteiger charge is 2.29. The van der Waals surface area contributed by atoms with Crippen LogP contribution in [-0.2, 0) is 6.18 Å². The van der Waals surface area contributed by atoms with E-state index in [-0.39, 0.29) is 0 Å². The van der Waals surface area contributed by atoms with Crippen molar-refractivity contribution in [1.82, 2.24) is 0 Å². The molecule has 0 amide bonds. The number of nitrogens with zero attached hydrogens (tertiary/aromatic N) is 3. The molecule has 0 bridgehead atoms. The first-order valence-electron chi connectivity index (χ1n) is 10.5. The van der Waals surface area contributed by atoms with Crippen LogP contribution in [0.1, 0.15) is 24.0 Å². The van der Waals surface area contributed by atoms with Crippen LogP contribution >= 0.6 is 0 Å². The van der Waals surface area contributed by atoms with Crippen LogP contribution in [0.15, 0.2) is 77.0 Å². The topological polar surface area (TPSA) is 52.0 Å². The smallest absolute Gasteiger partial charge is 0.372 e. The molecule has 3 aromatic carbocycles. The van der Waals surface area contributed by atoms with Gasteiger partial charge >= 0.3 is 6.18 Å². The van der Waals surface area contributed by atoms with E-state index < -0.39 is 11.7 Å². The predicted octanol–water partition coefficient (Wildman–Crippen LogP) is 7.47. The molecule has 0 radical (unpaired) electrons. The molecule has 0 spiro atoms. The van der Waals surface area contributed by atoms with Crippen molar-refractivity contribution in [3.05, 3.63) is 77.9 Å². The van der Waals surface area contributed by atoms with Crippen molar-refractivity contribution in [3.8, 4) is 0 Å². The van der Waals surface area contributed by atoms with Crippen molar-refractivity contribution in [1.29, 1.82) is 0 Å². The van der Waals surface area contributed by atoms with E-state index in [0.29, 0.717) is 5.69 Å². The zero-order valence-electron chi connectivity index (χ0n) is 17.7. The number of azo groups is 1. The van der Waals surface area contributed by atoms with Crippen molar-refractivity contribution < 1.29 is 13.2 Å². The molecular weight excluding hydrogens is 415 g/mol. The van der Waals surface area contributed by atoms with Gasteiger partial charge in [-0.2, -0.15) is 23.4 Å². The van der Waals surface area contributed by atoms with E-state index in [0.717, 1.165) is 47.8 Å². The van der Waals surface area contributed by atoms with Crippen molar-refractivity contribution >= 4 is 28.4 Å². The number of nitrogens with one attached hydrogen (secondary N) is 2. The van der Waals surface area contributed by atoms with Gasteiger partial charge in [-0.1, -0.05) is 0 Å². The lowest BCUT2D eigenvalue weighted by atomic mass is 10.2. The highest BCUT2D eigenvalue weighted by Crippen LogP contribution is 2.30. The number of hydrogen-bond donors (Lipinski definition) is 2. The van der Waals surface area contributed by atoms with E-state index in [1.165, 1.54) is 30.7 Å². The van der Waals surface area contributed by atoms with Gasteiger partial charge in [0.1, 0.15) is 0 Å². The third-order valence-corrected chi connectivity index (χ3v) is 5.35. The lowest BCUT2D eigenvalue weighted by Crippen LogP contribution is -2.17. The first-order chi connectivity index (χ1) is 15.4. The molecule has 0 unspecified atom stereocenters. The highest BCUT2D eigenvalue weighted by molar-refractivity contribution is 5.59. The molecule has 4 rings (SSSR count). The summed E-state index contributed by atoms with van der Waals surface area (Å²) in [7, 11) is 0. The fourth-order valence-electron chi connectivity index (χ4n) is 3.55. The van der Waals surface area contributed by atoms with Crippen LogP contribution in [0, 0.1) is 6.92 Å². The summed E-state index contributed by atoms with van der Waals surface area (Å²) in [5.74, 6) is 0. The average Bonchev–Trinajstić information content (AvgIpc) is 3.32. The predicted molar refractivity (Wildman–Crippen MR) is 122 cm³/mol. The van der Waals surface area contributed by atoms with Crippen molar-refractivity contribution in [3.63, 3.8) is 0 Å². The number of anilines is 3. The van der Waals surface area contributed by atoms with E-state index >= 15 is 0 Å². The van der Waals surface area contributed by atoms with Crippen LogP contribution in [0.3, 0.4) is 0 Å². The summed E-state index contributed by atoms with van der Waals surface area (Å²) in [6.07, 6.45) is -1.86. The second kappa shape index (κ2) is 9.30. The van der Waals surface area contributed by atoms with Crippen LogP contribution in [-0.4, -0.2) is 13.1 Å². The maximum atomic E-state index is 12.7. The van der Waals surface area contributed by atoms with Gasteiger partial charge in [-0.3, -0.25) is 0 Å². The summed E-state index contributed by atoms with van der Waals surface area (Å²) in [6, 6.07) is 18.5. The van der Waals surface area contributed by atoms with Gasteiger partial charge in [0.05, 0.1) is 28.3 Å². The summed E-state index contributed by atoms with van der Waals surface area (Å²) < 4.78 is 38.0. The Bertz CT molecular complexity index is 1070. The number of benzene rings is 3. The quantitative estimate of drug-likeness (QED) is 0.309. The number of aryl methyl sites for hydroxylation is 1. The monoisotopic (exact) mass is 439 g/mol. The summed E-state index contributed by atoms with van der Waals surface area (Å²) in [5, 5.41) is 8.69. The molecule has 32 heavy (non-hydrogen) atoms. The molecule has 1 aliphatic rings. The van der Waals surface area contributed by atoms with Crippen molar-refractivity contribution in [2.24, 2.45) is 10.2 Å². The van der Waals surface area contributed by atoms with Gasteiger partial charge in [0.25, 0.3) is 0 Å². The molecule has 3 aromatic rings. The molecule has 0 atom stereocenters. The van der Waals surface area contributed by atoms with Gasteiger partial charge in [-0.25, -0.2) is 0 Å². The number of alkyl halides is 3. The fourth-order valence-corrected chi connectivity index (χ4v) is 3.55. The average molecular weight is 439 g/mol. The summed E-state index contributed by atoms with van der Waals surface area (Å²) >= 11 is 0. The molecule has 1 heterocycles. The molecule has 1 aliphatic heterocycles.